The van der Waals surface area contributed by atoms with E-state index in [2.05, 4.69) is 2.59 Å². The molecule has 0 bridgehead atoms. The molecule has 13 heavy (non-hydrogen) atoms. The predicted molar refractivity (Wildman–Crippen MR) is 25.5 cm³/mol. The van der Waals surface area contributed by atoms with Gasteiger partial charge in [-0.3, -0.25) is 0 Å². The van der Waals surface area contributed by atoms with Gasteiger partial charge >= 0.3 is 48.1 Å². The van der Waals surface area contributed by atoms with Crippen molar-refractivity contribution in [2.45, 2.75) is 0 Å². The van der Waals surface area contributed by atoms with Crippen LogP contribution in [0.4, 0.5) is 0 Å². The molecule has 0 aliphatic heterocycles. The number of hydrogen-bond acceptors (Lipinski definition) is 5. The summed E-state index contributed by atoms with van der Waals surface area (Å²) < 4.78 is 40.7. The zero-order valence-electron chi connectivity index (χ0n) is 5.94. The van der Waals surface area contributed by atoms with Gasteiger partial charge in [0.15, 0.2) is 0 Å². The Hall–Kier alpha value is 0.0888. The van der Waals surface area contributed by atoms with E-state index in [0.29, 0.717) is 0 Å². The third-order valence-electron chi connectivity index (χ3n) is 0.133. The Labute approximate surface area is 81.3 Å². The molecule has 0 radical (unpaired) electrons. The van der Waals surface area contributed by atoms with Crippen LogP contribution in [0.15, 0.2) is 0 Å². The molecular formula is H12O11V2. The van der Waals surface area contributed by atoms with E-state index in [4.69, 9.17) is 0 Å². The normalized spacial score (nSPS) is 4.31. The molecule has 12 N–H and O–H groups in total. The molecule has 0 aliphatic carbocycles. The summed E-state index contributed by atoms with van der Waals surface area (Å²) in [5.41, 5.74) is 0. The van der Waals surface area contributed by atoms with Crippen molar-refractivity contribution in [2.75, 3.05) is 0 Å². The Balaban J connectivity index is -0.0000000120. The first-order valence-electron chi connectivity index (χ1n) is 1.10. The number of rotatable bonds is 2. The van der Waals surface area contributed by atoms with Gasteiger partial charge < -0.3 is 32.9 Å². The van der Waals surface area contributed by atoms with Crippen LogP contribution in [0.3, 0.4) is 0 Å². The van der Waals surface area contributed by atoms with Gasteiger partial charge in [0, 0.05) is 0 Å². The van der Waals surface area contributed by atoms with Gasteiger partial charge in [0.2, 0.25) is 0 Å². The molecule has 0 rings (SSSR count). The predicted octanol–water partition coefficient (Wildman–Crippen LogP) is -5.50. The summed E-state index contributed by atoms with van der Waals surface area (Å²) in [4.78, 5) is 0. The molecule has 13 heteroatoms. The van der Waals surface area contributed by atoms with Crippen molar-refractivity contribution in [1.82, 2.24) is 0 Å². The fourth-order valence-electron chi connectivity index (χ4n) is 0.0544. The van der Waals surface area contributed by atoms with Crippen molar-refractivity contribution in [3.05, 3.63) is 0 Å². The van der Waals surface area contributed by atoms with E-state index in [1.807, 2.05) is 0 Å². The third-order valence-corrected chi connectivity index (χ3v) is 2.27. The fourth-order valence-corrected chi connectivity index (χ4v) is 0.925. The summed E-state index contributed by atoms with van der Waals surface area (Å²) >= 11 is -7.69. The average molecular weight is 290 g/mol. The van der Waals surface area contributed by atoms with Gasteiger partial charge in [-0.2, -0.15) is 0 Å². The third kappa shape index (κ3) is 73.6. The average Bonchev–Trinajstić information content (AvgIpc) is 1.27. The first kappa shape index (κ1) is 51.6. The van der Waals surface area contributed by atoms with Gasteiger partial charge in [0.05, 0.1) is 0 Å². The van der Waals surface area contributed by atoms with Crippen LogP contribution >= 0.6 is 0 Å². The van der Waals surface area contributed by atoms with Crippen molar-refractivity contribution in [3.8, 4) is 0 Å². The van der Waals surface area contributed by atoms with Crippen LogP contribution < -0.4 is 0 Å². The number of hydrogen-bond donors (Lipinski definition) is 0. The molecule has 0 fully saturated rings. The van der Waals surface area contributed by atoms with E-state index >= 15 is 0 Å². The van der Waals surface area contributed by atoms with Gasteiger partial charge in [0.25, 0.3) is 0 Å². The van der Waals surface area contributed by atoms with E-state index < -0.39 is 30.8 Å². The molecule has 11 nitrogen and oxygen atoms in total. The summed E-state index contributed by atoms with van der Waals surface area (Å²) in [6.07, 6.45) is 0. The van der Waals surface area contributed by atoms with E-state index in [-0.39, 0.29) is 32.9 Å². The Morgan fingerprint density at radius 2 is 0.692 bits per heavy atom. The van der Waals surface area contributed by atoms with Crippen molar-refractivity contribution in [1.29, 1.82) is 0 Å². The Morgan fingerprint density at radius 1 is 0.538 bits per heavy atom. The van der Waals surface area contributed by atoms with Crippen molar-refractivity contribution < 1.29 is 80.9 Å². The molecule has 0 saturated carbocycles. The van der Waals surface area contributed by atoms with Gasteiger partial charge in [-0.25, -0.2) is 0 Å². The van der Waals surface area contributed by atoms with Gasteiger partial charge in [-0.15, -0.1) is 0 Å². The zero-order valence-corrected chi connectivity index (χ0v) is 8.73. The standard InChI is InChI=1S/6H2O.5O.2V/h6*1H2;;;;;;;. The van der Waals surface area contributed by atoms with Crippen LogP contribution in [0.1, 0.15) is 0 Å². The fraction of sp³-hybridized carbons (Fsp3) is 0. The van der Waals surface area contributed by atoms with Crippen LogP contribution in [-0.4, -0.2) is 32.9 Å². The summed E-state index contributed by atoms with van der Waals surface area (Å²) in [6.45, 7) is 0. The first-order valence-corrected chi connectivity index (χ1v) is 4.52. The Kier molecular flexibility index (Phi) is 117. The molecule has 0 unspecified atom stereocenters. The molecule has 0 aromatic rings. The summed E-state index contributed by atoms with van der Waals surface area (Å²) in [6, 6.07) is 0. The van der Waals surface area contributed by atoms with Crippen molar-refractivity contribution in [2.24, 2.45) is 0 Å². The quantitative estimate of drug-likeness (QED) is 0.479. The topological polar surface area (TPSA) is 267 Å². The van der Waals surface area contributed by atoms with Crippen LogP contribution in [0.5, 0.6) is 0 Å². The van der Waals surface area contributed by atoms with Crippen LogP contribution in [0, 0.1) is 0 Å². The van der Waals surface area contributed by atoms with Crippen LogP contribution in [-0.2, 0) is 48.1 Å². The minimum absolute atomic E-state index is 0. The SMILES string of the molecule is O.O.O.O.O.O.[O]=[V](=[O])[O][V](=[O])=[O]. The molecule has 0 aromatic carbocycles. The monoisotopic (exact) mass is 290 g/mol. The van der Waals surface area contributed by atoms with E-state index in [1.165, 1.54) is 0 Å². The molecular weight excluding hydrogens is 278 g/mol. The van der Waals surface area contributed by atoms with Crippen molar-refractivity contribution >= 4 is 0 Å². The molecule has 0 atom stereocenters. The van der Waals surface area contributed by atoms with Gasteiger partial charge in [-0.1, -0.05) is 0 Å². The minimum atomic E-state index is -3.84. The van der Waals surface area contributed by atoms with Gasteiger partial charge in [-0.05, 0) is 0 Å². The summed E-state index contributed by atoms with van der Waals surface area (Å²) in [5.74, 6) is 0. The van der Waals surface area contributed by atoms with E-state index in [9.17, 15) is 14.7 Å². The molecule has 0 aromatic heterocycles. The molecule has 0 aliphatic rings. The van der Waals surface area contributed by atoms with E-state index in [1.54, 1.807) is 0 Å². The van der Waals surface area contributed by atoms with Gasteiger partial charge in [0.1, 0.15) is 0 Å². The van der Waals surface area contributed by atoms with Crippen molar-refractivity contribution in [3.63, 3.8) is 0 Å². The maximum atomic E-state index is 9.34. The maximum absolute atomic E-state index is 9.34. The van der Waals surface area contributed by atoms with E-state index in [0.717, 1.165) is 0 Å². The van der Waals surface area contributed by atoms with Crippen LogP contribution in [0.2, 0.25) is 0 Å². The molecule has 0 heterocycles. The second-order valence-electron chi connectivity index (χ2n) is 0.529. The Morgan fingerprint density at radius 3 is 0.692 bits per heavy atom. The molecule has 0 amide bonds. The summed E-state index contributed by atoms with van der Waals surface area (Å²) in [7, 11) is 0. The summed E-state index contributed by atoms with van der Waals surface area (Å²) in [5, 5.41) is 0. The zero-order chi connectivity index (χ0) is 5.86. The second-order valence-corrected chi connectivity index (χ2v) is 3.23. The molecule has 0 spiro atoms. The Bertz CT molecular complexity index is 137. The van der Waals surface area contributed by atoms with Crippen LogP contribution in [0.25, 0.3) is 0 Å². The molecule has 0 saturated heterocycles. The molecule has 88 valence electrons. The second kappa shape index (κ2) is 29.6. The first-order chi connectivity index (χ1) is 3.13.